The predicted octanol–water partition coefficient (Wildman–Crippen LogP) is -0.450. The molecule has 1 amide bonds. The number of aliphatic carboxylic acids is 1. The van der Waals surface area contributed by atoms with E-state index in [-0.39, 0.29) is 18.9 Å². The molecular formula is C11H20N2O4. The number of likely N-dealkylation sites (tertiary alicyclic amines) is 1. The van der Waals surface area contributed by atoms with Gasteiger partial charge in [-0.2, -0.15) is 0 Å². The number of aliphatic hydroxyl groups is 1. The number of amides is 1. The SMILES string of the molecule is CCCC[C@H](N)C(=O)N1CC(O)CC1C(=O)O. The van der Waals surface area contributed by atoms with Crippen LogP contribution in [-0.4, -0.2) is 51.7 Å². The summed E-state index contributed by atoms with van der Waals surface area (Å²) in [6.07, 6.45) is 1.64. The van der Waals surface area contributed by atoms with Gasteiger partial charge in [0.25, 0.3) is 0 Å². The normalized spacial score (nSPS) is 25.9. The number of hydrogen-bond donors (Lipinski definition) is 3. The smallest absolute Gasteiger partial charge is 0.326 e. The lowest BCUT2D eigenvalue weighted by Gasteiger charge is -2.24. The second-order valence-electron chi connectivity index (χ2n) is 4.48. The van der Waals surface area contributed by atoms with Gasteiger partial charge in [0, 0.05) is 13.0 Å². The van der Waals surface area contributed by atoms with Crippen LogP contribution < -0.4 is 5.73 Å². The molecule has 1 heterocycles. The second kappa shape index (κ2) is 5.97. The molecule has 0 aromatic heterocycles. The van der Waals surface area contributed by atoms with Crippen molar-refractivity contribution in [1.82, 2.24) is 4.90 Å². The third-order valence-corrected chi connectivity index (χ3v) is 3.03. The molecule has 0 radical (unpaired) electrons. The minimum absolute atomic E-state index is 0.0651. The average Bonchev–Trinajstić information content (AvgIpc) is 2.67. The zero-order chi connectivity index (χ0) is 13.0. The number of hydrogen-bond acceptors (Lipinski definition) is 4. The van der Waals surface area contributed by atoms with Crippen molar-refractivity contribution in [2.24, 2.45) is 5.73 Å². The molecule has 1 fully saturated rings. The van der Waals surface area contributed by atoms with Crippen LogP contribution in [-0.2, 0) is 9.59 Å². The minimum Gasteiger partial charge on any atom is -0.480 e. The Hall–Kier alpha value is -1.14. The largest absolute Gasteiger partial charge is 0.480 e. The predicted molar refractivity (Wildman–Crippen MR) is 61.3 cm³/mol. The number of nitrogens with two attached hydrogens (primary N) is 1. The molecule has 0 aromatic carbocycles. The zero-order valence-electron chi connectivity index (χ0n) is 10.0. The minimum atomic E-state index is -1.09. The van der Waals surface area contributed by atoms with Crippen molar-refractivity contribution in [3.05, 3.63) is 0 Å². The fourth-order valence-corrected chi connectivity index (χ4v) is 2.05. The second-order valence-corrected chi connectivity index (χ2v) is 4.48. The van der Waals surface area contributed by atoms with E-state index in [4.69, 9.17) is 10.8 Å². The molecule has 6 heteroatoms. The van der Waals surface area contributed by atoms with Gasteiger partial charge in [0.1, 0.15) is 6.04 Å². The topological polar surface area (TPSA) is 104 Å². The first-order valence-corrected chi connectivity index (χ1v) is 5.94. The highest BCUT2D eigenvalue weighted by Crippen LogP contribution is 2.19. The Morgan fingerprint density at radius 3 is 2.71 bits per heavy atom. The maximum absolute atomic E-state index is 11.9. The molecule has 2 unspecified atom stereocenters. The van der Waals surface area contributed by atoms with Gasteiger partial charge in [0.15, 0.2) is 0 Å². The molecule has 1 rings (SSSR count). The van der Waals surface area contributed by atoms with Gasteiger partial charge in [-0.1, -0.05) is 19.8 Å². The van der Waals surface area contributed by atoms with Crippen molar-refractivity contribution in [2.45, 2.75) is 50.8 Å². The lowest BCUT2D eigenvalue weighted by atomic mass is 10.1. The summed E-state index contributed by atoms with van der Waals surface area (Å²) < 4.78 is 0. The lowest BCUT2D eigenvalue weighted by molar-refractivity contribution is -0.148. The number of carbonyl (C=O) groups is 2. The Morgan fingerprint density at radius 1 is 1.53 bits per heavy atom. The molecule has 1 aliphatic rings. The maximum atomic E-state index is 11.9. The highest BCUT2D eigenvalue weighted by atomic mass is 16.4. The molecule has 17 heavy (non-hydrogen) atoms. The van der Waals surface area contributed by atoms with E-state index in [2.05, 4.69) is 0 Å². The number of carbonyl (C=O) groups excluding carboxylic acids is 1. The van der Waals surface area contributed by atoms with Crippen LogP contribution in [0.4, 0.5) is 0 Å². The monoisotopic (exact) mass is 244 g/mol. The Labute approximate surface area is 100 Å². The van der Waals surface area contributed by atoms with E-state index in [9.17, 15) is 14.7 Å². The number of rotatable bonds is 5. The van der Waals surface area contributed by atoms with Gasteiger partial charge in [0.05, 0.1) is 12.1 Å². The molecular weight excluding hydrogens is 224 g/mol. The highest BCUT2D eigenvalue weighted by molar-refractivity contribution is 5.87. The van der Waals surface area contributed by atoms with Gasteiger partial charge >= 0.3 is 5.97 Å². The number of aliphatic hydroxyl groups excluding tert-OH is 1. The molecule has 98 valence electrons. The van der Waals surface area contributed by atoms with E-state index in [1.165, 1.54) is 4.90 Å². The van der Waals surface area contributed by atoms with E-state index in [0.29, 0.717) is 6.42 Å². The first-order valence-electron chi connectivity index (χ1n) is 5.94. The number of nitrogens with zero attached hydrogens (tertiary/aromatic N) is 1. The summed E-state index contributed by atoms with van der Waals surface area (Å²) in [5.41, 5.74) is 5.73. The summed E-state index contributed by atoms with van der Waals surface area (Å²) in [4.78, 5) is 24.1. The zero-order valence-corrected chi connectivity index (χ0v) is 10.0. The number of carboxylic acids is 1. The van der Waals surface area contributed by atoms with Crippen LogP contribution in [0, 0.1) is 0 Å². The molecule has 1 saturated heterocycles. The van der Waals surface area contributed by atoms with Gasteiger partial charge < -0.3 is 20.8 Å². The quantitative estimate of drug-likeness (QED) is 0.607. The Kier molecular flexibility index (Phi) is 4.89. The van der Waals surface area contributed by atoms with Gasteiger partial charge in [-0.15, -0.1) is 0 Å². The van der Waals surface area contributed by atoms with Crippen LogP contribution in [0.5, 0.6) is 0 Å². The van der Waals surface area contributed by atoms with Crippen LogP contribution in [0.25, 0.3) is 0 Å². The van der Waals surface area contributed by atoms with Crippen LogP contribution >= 0.6 is 0 Å². The van der Waals surface area contributed by atoms with Gasteiger partial charge in [-0.3, -0.25) is 4.79 Å². The van der Waals surface area contributed by atoms with Gasteiger partial charge in [0.2, 0.25) is 5.91 Å². The van der Waals surface area contributed by atoms with Gasteiger partial charge in [-0.25, -0.2) is 4.79 Å². The molecule has 0 bridgehead atoms. The van der Waals surface area contributed by atoms with Crippen LogP contribution in [0.15, 0.2) is 0 Å². The van der Waals surface area contributed by atoms with Crippen molar-refractivity contribution in [3.8, 4) is 0 Å². The molecule has 3 atom stereocenters. The summed E-state index contributed by atoms with van der Waals surface area (Å²) in [5.74, 6) is -1.46. The maximum Gasteiger partial charge on any atom is 0.326 e. The molecule has 1 aliphatic heterocycles. The van der Waals surface area contributed by atoms with Crippen molar-refractivity contribution >= 4 is 11.9 Å². The standard InChI is InChI=1S/C11H20N2O4/c1-2-3-4-8(12)10(15)13-6-7(14)5-9(13)11(16)17/h7-9,14H,2-6,12H2,1H3,(H,16,17)/t7?,8-,9?/m0/s1. The van der Waals surface area contributed by atoms with E-state index < -0.39 is 24.2 Å². The number of carboxylic acid groups (broad SMARTS) is 1. The molecule has 0 saturated carbocycles. The van der Waals surface area contributed by atoms with E-state index in [1.807, 2.05) is 6.92 Å². The third kappa shape index (κ3) is 3.41. The van der Waals surface area contributed by atoms with Crippen LogP contribution in [0.3, 0.4) is 0 Å². The lowest BCUT2D eigenvalue weighted by Crippen LogP contribution is -2.48. The molecule has 6 nitrogen and oxygen atoms in total. The average molecular weight is 244 g/mol. The Morgan fingerprint density at radius 2 is 2.18 bits per heavy atom. The van der Waals surface area contributed by atoms with Crippen LogP contribution in [0.2, 0.25) is 0 Å². The first kappa shape index (κ1) is 13.9. The summed E-state index contributed by atoms with van der Waals surface area (Å²) >= 11 is 0. The Balaban J connectivity index is 2.63. The highest BCUT2D eigenvalue weighted by Gasteiger charge is 2.40. The number of β-amino-alcohol motifs (C(OH)–C–C–N with tert-alkyl or cyclic N) is 1. The summed E-state index contributed by atoms with van der Waals surface area (Å²) in [6.45, 7) is 2.06. The van der Waals surface area contributed by atoms with Gasteiger partial charge in [-0.05, 0) is 6.42 Å². The summed E-state index contributed by atoms with van der Waals surface area (Å²) in [5, 5.41) is 18.4. The summed E-state index contributed by atoms with van der Waals surface area (Å²) in [7, 11) is 0. The summed E-state index contributed by atoms with van der Waals surface area (Å²) in [6, 6.07) is -1.60. The fourth-order valence-electron chi connectivity index (χ4n) is 2.05. The van der Waals surface area contributed by atoms with E-state index in [1.54, 1.807) is 0 Å². The van der Waals surface area contributed by atoms with E-state index >= 15 is 0 Å². The molecule has 0 aromatic rings. The molecule has 0 aliphatic carbocycles. The van der Waals surface area contributed by atoms with E-state index in [0.717, 1.165) is 12.8 Å². The van der Waals surface area contributed by atoms with Crippen LogP contribution in [0.1, 0.15) is 32.6 Å². The number of unbranched alkanes of at least 4 members (excludes halogenated alkanes) is 1. The first-order chi connectivity index (χ1) is 7.97. The van der Waals surface area contributed by atoms with Crippen molar-refractivity contribution in [2.75, 3.05) is 6.54 Å². The fraction of sp³-hybridized carbons (Fsp3) is 0.818. The molecule has 0 spiro atoms. The molecule has 4 N–H and O–H groups in total. The van der Waals surface area contributed by atoms with Crippen molar-refractivity contribution in [1.29, 1.82) is 0 Å². The van der Waals surface area contributed by atoms with Crippen molar-refractivity contribution in [3.63, 3.8) is 0 Å². The van der Waals surface area contributed by atoms with Crippen molar-refractivity contribution < 1.29 is 19.8 Å². The third-order valence-electron chi connectivity index (χ3n) is 3.03. The Bertz CT molecular complexity index is 295.